The van der Waals surface area contributed by atoms with Gasteiger partial charge in [0.25, 0.3) is 5.56 Å². The van der Waals surface area contributed by atoms with E-state index in [-0.39, 0.29) is 18.1 Å². The lowest BCUT2D eigenvalue weighted by atomic mass is 9.89. The normalized spacial score (nSPS) is 25.9. The van der Waals surface area contributed by atoms with Crippen molar-refractivity contribution in [3.63, 3.8) is 0 Å². The monoisotopic (exact) mass is 481 g/mol. The summed E-state index contributed by atoms with van der Waals surface area (Å²) in [7, 11) is 0. The summed E-state index contributed by atoms with van der Waals surface area (Å²) in [6.45, 7) is 0.794. The van der Waals surface area contributed by atoms with Crippen molar-refractivity contribution in [1.82, 2.24) is 19.8 Å². The minimum absolute atomic E-state index is 0.0641. The quantitative estimate of drug-likeness (QED) is 0.494. The molecule has 0 unspecified atom stereocenters. The second-order valence-corrected chi connectivity index (χ2v) is 10.6. The number of hydrogen-bond acceptors (Lipinski definition) is 6. The van der Waals surface area contributed by atoms with Crippen LogP contribution in [0.5, 0.6) is 0 Å². The summed E-state index contributed by atoms with van der Waals surface area (Å²) in [6, 6.07) is 9.98. The molecule has 35 heavy (non-hydrogen) atoms. The SMILES string of the molecule is O=C(O)CNCCNc1nc2ccccc2n([C@H]2C[C@H]3CC[C@@H](C2)N3C2CCCCCCC2)c1=O. The molecule has 1 aliphatic carbocycles. The Morgan fingerprint density at radius 2 is 1.60 bits per heavy atom. The van der Waals surface area contributed by atoms with Gasteiger partial charge in [-0.1, -0.05) is 44.2 Å². The molecule has 0 spiro atoms. The second-order valence-electron chi connectivity index (χ2n) is 10.6. The summed E-state index contributed by atoms with van der Waals surface area (Å²) in [5, 5.41) is 14.8. The van der Waals surface area contributed by atoms with Gasteiger partial charge in [0.15, 0.2) is 5.82 Å². The number of aliphatic carboxylic acids is 1. The van der Waals surface area contributed by atoms with Gasteiger partial charge in [-0.15, -0.1) is 0 Å². The van der Waals surface area contributed by atoms with E-state index in [1.807, 2.05) is 28.8 Å². The average molecular weight is 482 g/mol. The number of piperidine rings is 1. The minimum atomic E-state index is -0.892. The first-order valence-electron chi connectivity index (χ1n) is 13.6. The molecular formula is C27H39N5O3. The van der Waals surface area contributed by atoms with Crippen LogP contribution in [-0.2, 0) is 4.79 Å². The molecule has 3 aliphatic rings. The van der Waals surface area contributed by atoms with Crippen molar-refractivity contribution >= 4 is 22.8 Å². The Morgan fingerprint density at radius 3 is 2.31 bits per heavy atom. The zero-order chi connectivity index (χ0) is 24.2. The van der Waals surface area contributed by atoms with Crippen molar-refractivity contribution in [3.05, 3.63) is 34.6 Å². The van der Waals surface area contributed by atoms with Crippen LogP contribution in [0.3, 0.4) is 0 Å². The maximum atomic E-state index is 13.7. The topological polar surface area (TPSA) is 99.5 Å². The van der Waals surface area contributed by atoms with Crippen molar-refractivity contribution in [2.24, 2.45) is 0 Å². The maximum absolute atomic E-state index is 13.7. The predicted molar refractivity (Wildman–Crippen MR) is 138 cm³/mol. The minimum Gasteiger partial charge on any atom is -0.480 e. The van der Waals surface area contributed by atoms with Gasteiger partial charge in [0.05, 0.1) is 17.6 Å². The Labute approximate surface area is 207 Å². The Kier molecular flexibility index (Phi) is 7.68. The van der Waals surface area contributed by atoms with E-state index in [1.165, 1.54) is 57.8 Å². The fourth-order valence-corrected chi connectivity index (χ4v) is 6.82. The van der Waals surface area contributed by atoms with Crippen molar-refractivity contribution in [2.75, 3.05) is 25.0 Å². The predicted octanol–water partition coefficient (Wildman–Crippen LogP) is 3.76. The molecule has 8 nitrogen and oxygen atoms in total. The van der Waals surface area contributed by atoms with Crippen LogP contribution in [0.4, 0.5) is 5.82 Å². The van der Waals surface area contributed by atoms with Gasteiger partial charge >= 0.3 is 5.97 Å². The van der Waals surface area contributed by atoms with E-state index in [0.717, 1.165) is 29.9 Å². The van der Waals surface area contributed by atoms with Crippen LogP contribution in [0.2, 0.25) is 0 Å². The maximum Gasteiger partial charge on any atom is 0.317 e. The summed E-state index contributed by atoms with van der Waals surface area (Å²) in [5.74, 6) is -0.535. The third kappa shape index (κ3) is 5.38. The van der Waals surface area contributed by atoms with Gasteiger partial charge in [-0.3, -0.25) is 14.5 Å². The fourth-order valence-electron chi connectivity index (χ4n) is 6.82. The highest BCUT2D eigenvalue weighted by Crippen LogP contribution is 2.44. The van der Waals surface area contributed by atoms with Crippen molar-refractivity contribution in [2.45, 2.75) is 94.8 Å². The summed E-state index contributed by atoms with van der Waals surface area (Å²) in [5.41, 5.74) is 1.67. The number of para-hydroxylation sites is 2. The molecule has 3 fully saturated rings. The van der Waals surface area contributed by atoms with Crippen LogP contribution < -0.4 is 16.2 Å². The van der Waals surface area contributed by atoms with Crippen molar-refractivity contribution in [3.8, 4) is 0 Å². The van der Waals surface area contributed by atoms with Crippen LogP contribution in [0, 0.1) is 0 Å². The number of fused-ring (bicyclic) bond motifs is 3. The van der Waals surface area contributed by atoms with Gasteiger partial charge < -0.3 is 20.3 Å². The number of nitrogens with one attached hydrogen (secondary N) is 2. The van der Waals surface area contributed by atoms with Gasteiger partial charge in [0, 0.05) is 37.3 Å². The molecule has 3 N–H and O–H groups in total. The third-order valence-corrected chi connectivity index (χ3v) is 8.29. The number of anilines is 1. The Bertz CT molecular complexity index is 1060. The molecule has 8 heteroatoms. The van der Waals surface area contributed by atoms with E-state index in [9.17, 15) is 9.59 Å². The average Bonchev–Trinajstić information content (AvgIpc) is 3.08. The number of hydrogen-bond donors (Lipinski definition) is 3. The molecule has 1 aromatic carbocycles. The first kappa shape index (κ1) is 24.3. The lowest BCUT2D eigenvalue weighted by Gasteiger charge is -2.45. The number of benzene rings is 1. The Balaban J connectivity index is 1.36. The number of nitrogens with zero attached hydrogens (tertiary/aromatic N) is 3. The molecular weight excluding hydrogens is 442 g/mol. The van der Waals surface area contributed by atoms with Crippen molar-refractivity contribution in [1.29, 1.82) is 0 Å². The molecule has 5 rings (SSSR count). The van der Waals surface area contributed by atoms with E-state index in [4.69, 9.17) is 5.11 Å². The van der Waals surface area contributed by atoms with Gasteiger partial charge in [-0.2, -0.15) is 0 Å². The lowest BCUT2D eigenvalue weighted by Crippen LogP contribution is -2.50. The highest BCUT2D eigenvalue weighted by atomic mass is 16.4. The zero-order valence-electron chi connectivity index (χ0n) is 20.6. The highest BCUT2D eigenvalue weighted by Gasteiger charge is 2.44. The molecule has 3 atom stereocenters. The first-order valence-corrected chi connectivity index (χ1v) is 13.6. The molecule has 2 saturated heterocycles. The summed E-state index contributed by atoms with van der Waals surface area (Å²) < 4.78 is 2.01. The zero-order valence-corrected chi connectivity index (χ0v) is 20.6. The Morgan fingerprint density at radius 1 is 0.914 bits per heavy atom. The summed E-state index contributed by atoms with van der Waals surface area (Å²) in [6.07, 6.45) is 14.1. The lowest BCUT2D eigenvalue weighted by molar-refractivity contribution is -0.135. The molecule has 190 valence electrons. The van der Waals surface area contributed by atoms with Gasteiger partial charge in [0.2, 0.25) is 0 Å². The molecule has 2 aromatic rings. The molecule has 2 aliphatic heterocycles. The fraction of sp³-hybridized carbons (Fsp3) is 0.667. The van der Waals surface area contributed by atoms with E-state index in [2.05, 4.69) is 20.5 Å². The van der Waals surface area contributed by atoms with Crippen LogP contribution in [0.1, 0.15) is 76.7 Å². The van der Waals surface area contributed by atoms with E-state index in [0.29, 0.717) is 31.0 Å². The number of carboxylic acids is 1. The van der Waals surface area contributed by atoms with Crippen LogP contribution >= 0.6 is 0 Å². The van der Waals surface area contributed by atoms with Crippen LogP contribution in [0.15, 0.2) is 29.1 Å². The smallest absolute Gasteiger partial charge is 0.317 e. The number of carboxylic acid groups (broad SMARTS) is 1. The summed E-state index contributed by atoms with van der Waals surface area (Å²) >= 11 is 0. The Hall–Kier alpha value is -2.45. The third-order valence-electron chi connectivity index (χ3n) is 8.29. The van der Waals surface area contributed by atoms with Gasteiger partial charge in [-0.05, 0) is 50.7 Å². The van der Waals surface area contributed by atoms with Crippen LogP contribution in [0.25, 0.3) is 11.0 Å². The molecule has 3 heterocycles. The highest BCUT2D eigenvalue weighted by molar-refractivity contribution is 5.76. The van der Waals surface area contributed by atoms with Crippen LogP contribution in [-0.4, -0.2) is 63.3 Å². The second kappa shape index (κ2) is 11.1. The molecule has 0 radical (unpaired) electrons. The summed E-state index contributed by atoms with van der Waals surface area (Å²) in [4.78, 5) is 31.9. The van der Waals surface area contributed by atoms with E-state index >= 15 is 0 Å². The molecule has 2 bridgehead atoms. The first-order chi connectivity index (χ1) is 17.1. The van der Waals surface area contributed by atoms with Crippen molar-refractivity contribution < 1.29 is 9.90 Å². The number of carbonyl (C=O) groups is 1. The number of aromatic nitrogens is 2. The number of rotatable bonds is 8. The standard InChI is InChI=1S/C27H39N5O3/c33-25(34)18-28-14-15-29-26-27(35)32(24-11-7-6-10-23(24)30-26)22-16-20-12-13-21(17-22)31(20)19-8-4-2-1-3-5-9-19/h6-7,10-11,19-22,28H,1-5,8-9,12-18H2,(H,29,30)(H,33,34)/t20-,21+,22+. The van der Waals surface area contributed by atoms with Gasteiger partial charge in [0.1, 0.15) is 0 Å². The van der Waals surface area contributed by atoms with E-state index in [1.54, 1.807) is 0 Å². The largest absolute Gasteiger partial charge is 0.480 e. The van der Waals surface area contributed by atoms with Gasteiger partial charge in [-0.25, -0.2) is 4.98 Å². The molecule has 0 amide bonds. The molecule has 1 saturated carbocycles. The molecule has 1 aromatic heterocycles. The van der Waals surface area contributed by atoms with E-state index < -0.39 is 5.97 Å².